The summed E-state index contributed by atoms with van der Waals surface area (Å²) in [6.45, 7) is 0. The Bertz CT molecular complexity index is 627. The van der Waals surface area contributed by atoms with Gasteiger partial charge < -0.3 is 15.8 Å². The number of nitrogens with zero attached hydrogens (tertiary/aromatic N) is 2. The first-order chi connectivity index (χ1) is 9.51. The lowest BCUT2D eigenvalue weighted by Gasteiger charge is -2.12. The number of amides is 1. The minimum absolute atomic E-state index is 0.313. The van der Waals surface area contributed by atoms with Crippen LogP contribution >= 0.6 is 15.9 Å². The van der Waals surface area contributed by atoms with E-state index in [0.29, 0.717) is 17.0 Å². The van der Waals surface area contributed by atoms with Gasteiger partial charge in [0, 0.05) is 29.3 Å². The van der Waals surface area contributed by atoms with Crippen molar-refractivity contribution in [1.29, 1.82) is 0 Å². The third kappa shape index (κ3) is 3.17. The lowest BCUT2D eigenvalue weighted by Crippen LogP contribution is -2.27. The van der Waals surface area contributed by atoms with Crippen LogP contribution in [0.3, 0.4) is 0 Å². The van der Waals surface area contributed by atoms with Crippen LogP contribution in [0.25, 0.3) is 0 Å². The van der Waals surface area contributed by atoms with Crippen molar-refractivity contribution < 1.29 is 9.53 Å². The Labute approximate surface area is 125 Å². The summed E-state index contributed by atoms with van der Waals surface area (Å²) in [4.78, 5) is 12.1. The van der Waals surface area contributed by atoms with Crippen molar-refractivity contribution in [1.82, 2.24) is 9.78 Å². The summed E-state index contributed by atoms with van der Waals surface area (Å²) in [7, 11) is 3.34. The van der Waals surface area contributed by atoms with Crippen LogP contribution < -0.4 is 15.8 Å². The maximum absolute atomic E-state index is 12.1. The quantitative estimate of drug-likeness (QED) is 0.890. The first-order valence-corrected chi connectivity index (χ1v) is 6.69. The molecule has 0 aliphatic heterocycles. The predicted octanol–water partition coefficient (Wildman–Crippen LogP) is 1.83. The zero-order valence-electron chi connectivity index (χ0n) is 11.1. The number of nitrogens with one attached hydrogen (secondary N) is 1. The van der Waals surface area contributed by atoms with E-state index >= 15 is 0 Å². The second-order valence-corrected chi connectivity index (χ2v) is 5.11. The van der Waals surface area contributed by atoms with Gasteiger partial charge in [-0.1, -0.05) is 0 Å². The normalized spacial score (nSPS) is 12.0. The first-order valence-electron chi connectivity index (χ1n) is 5.90. The van der Waals surface area contributed by atoms with E-state index in [2.05, 4.69) is 26.3 Å². The van der Waals surface area contributed by atoms with Gasteiger partial charge >= 0.3 is 0 Å². The highest BCUT2D eigenvalue weighted by Crippen LogP contribution is 2.27. The van der Waals surface area contributed by atoms with Gasteiger partial charge in [-0.2, -0.15) is 5.10 Å². The molecular formula is C13H15BrN4O2. The van der Waals surface area contributed by atoms with E-state index in [1.165, 1.54) is 0 Å². The van der Waals surface area contributed by atoms with E-state index < -0.39 is 6.04 Å². The van der Waals surface area contributed by atoms with Crippen molar-refractivity contribution in [3.05, 3.63) is 40.6 Å². The summed E-state index contributed by atoms with van der Waals surface area (Å²) in [6.07, 6.45) is 3.29. The maximum atomic E-state index is 12.1. The van der Waals surface area contributed by atoms with Crippen molar-refractivity contribution in [3.8, 4) is 5.75 Å². The molecule has 20 heavy (non-hydrogen) atoms. The number of rotatable bonds is 4. The number of anilines is 1. The standard InChI is InChI=1S/C13H15BrN4O2/c1-18-7-8(6-16-18)12(15)13(19)17-11-5-9(20-2)3-4-10(11)14/h3-7,12H,15H2,1-2H3,(H,17,19). The summed E-state index contributed by atoms with van der Waals surface area (Å²) in [5.74, 6) is 0.338. The van der Waals surface area contributed by atoms with E-state index in [1.807, 2.05) is 0 Å². The van der Waals surface area contributed by atoms with Crippen molar-refractivity contribution in [2.75, 3.05) is 12.4 Å². The minimum Gasteiger partial charge on any atom is -0.497 e. The number of nitrogens with two attached hydrogens (primary N) is 1. The molecule has 0 spiro atoms. The third-order valence-electron chi connectivity index (χ3n) is 2.80. The van der Waals surface area contributed by atoms with Crippen LogP contribution in [-0.2, 0) is 11.8 Å². The van der Waals surface area contributed by atoms with Crippen molar-refractivity contribution in [2.24, 2.45) is 12.8 Å². The molecule has 1 heterocycles. The molecule has 0 radical (unpaired) electrons. The number of halogens is 1. The second kappa shape index (κ2) is 6.06. The van der Waals surface area contributed by atoms with Gasteiger partial charge in [0.25, 0.3) is 0 Å². The van der Waals surface area contributed by atoms with Crippen LogP contribution in [0, 0.1) is 0 Å². The summed E-state index contributed by atoms with van der Waals surface area (Å²) in [5, 5.41) is 6.76. The first kappa shape index (κ1) is 14.5. The van der Waals surface area contributed by atoms with Gasteiger partial charge in [-0.15, -0.1) is 0 Å². The summed E-state index contributed by atoms with van der Waals surface area (Å²) >= 11 is 3.37. The molecule has 0 saturated heterocycles. The molecule has 0 aliphatic rings. The highest BCUT2D eigenvalue weighted by atomic mass is 79.9. The maximum Gasteiger partial charge on any atom is 0.246 e. The molecule has 0 aliphatic carbocycles. The third-order valence-corrected chi connectivity index (χ3v) is 3.49. The van der Waals surface area contributed by atoms with Crippen LogP contribution in [0.5, 0.6) is 5.75 Å². The Morgan fingerprint density at radius 2 is 2.30 bits per heavy atom. The van der Waals surface area contributed by atoms with Crippen molar-refractivity contribution >= 4 is 27.5 Å². The molecule has 1 atom stereocenters. The van der Waals surface area contributed by atoms with Crippen LogP contribution in [0.4, 0.5) is 5.69 Å². The van der Waals surface area contributed by atoms with E-state index in [0.717, 1.165) is 4.47 Å². The molecule has 106 valence electrons. The number of benzene rings is 1. The molecule has 0 fully saturated rings. The molecule has 3 N–H and O–H groups in total. The van der Waals surface area contributed by atoms with Gasteiger partial charge in [-0.3, -0.25) is 9.48 Å². The number of methoxy groups -OCH3 is 1. The topological polar surface area (TPSA) is 82.2 Å². The Morgan fingerprint density at radius 1 is 1.55 bits per heavy atom. The van der Waals surface area contributed by atoms with Crippen LogP contribution in [0.15, 0.2) is 35.1 Å². The SMILES string of the molecule is COc1ccc(Br)c(NC(=O)C(N)c2cnn(C)c2)c1. The Kier molecular flexibility index (Phi) is 4.41. The van der Waals surface area contributed by atoms with E-state index in [4.69, 9.17) is 10.5 Å². The van der Waals surface area contributed by atoms with E-state index in [9.17, 15) is 4.79 Å². The van der Waals surface area contributed by atoms with Gasteiger partial charge in [-0.25, -0.2) is 0 Å². The summed E-state index contributed by atoms with van der Waals surface area (Å²) < 4.78 is 7.48. The van der Waals surface area contributed by atoms with Crippen molar-refractivity contribution in [3.63, 3.8) is 0 Å². The highest BCUT2D eigenvalue weighted by molar-refractivity contribution is 9.10. The van der Waals surface area contributed by atoms with Gasteiger partial charge in [0.15, 0.2) is 0 Å². The Morgan fingerprint density at radius 3 is 2.90 bits per heavy atom. The molecule has 1 amide bonds. The number of hydrogen-bond donors (Lipinski definition) is 2. The van der Waals surface area contributed by atoms with E-state index in [1.54, 1.807) is 49.4 Å². The van der Waals surface area contributed by atoms with Crippen molar-refractivity contribution in [2.45, 2.75) is 6.04 Å². The van der Waals surface area contributed by atoms with E-state index in [-0.39, 0.29) is 5.91 Å². The zero-order chi connectivity index (χ0) is 14.7. The number of ether oxygens (including phenoxy) is 1. The molecule has 0 saturated carbocycles. The average Bonchev–Trinajstić information content (AvgIpc) is 2.87. The lowest BCUT2D eigenvalue weighted by atomic mass is 10.1. The smallest absolute Gasteiger partial charge is 0.246 e. The van der Waals surface area contributed by atoms with Crippen LogP contribution in [-0.4, -0.2) is 22.8 Å². The van der Waals surface area contributed by atoms with Gasteiger partial charge in [-0.05, 0) is 28.1 Å². The fraction of sp³-hybridized carbons (Fsp3) is 0.231. The molecule has 2 rings (SSSR count). The fourth-order valence-corrected chi connectivity index (χ4v) is 2.04. The highest BCUT2D eigenvalue weighted by Gasteiger charge is 2.18. The molecule has 1 aromatic carbocycles. The number of carbonyl (C=O) groups excluding carboxylic acids is 1. The van der Waals surface area contributed by atoms with Crippen LogP contribution in [0.2, 0.25) is 0 Å². The number of aryl methyl sites for hydroxylation is 1. The Balaban J connectivity index is 2.15. The summed E-state index contributed by atoms with van der Waals surface area (Å²) in [6, 6.07) is 4.53. The predicted molar refractivity (Wildman–Crippen MR) is 79.5 cm³/mol. The average molecular weight is 339 g/mol. The monoisotopic (exact) mass is 338 g/mol. The van der Waals surface area contributed by atoms with Gasteiger partial charge in [0.2, 0.25) is 5.91 Å². The number of carbonyl (C=O) groups is 1. The molecular weight excluding hydrogens is 324 g/mol. The number of aromatic nitrogens is 2. The van der Waals surface area contributed by atoms with Gasteiger partial charge in [0.05, 0.1) is 19.0 Å². The largest absolute Gasteiger partial charge is 0.497 e. The summed E-state index contributed by atoms with van der Waals surface area (Å²) in [5.41, 5.74) is 7.17. The van der Waals surface area contributed by atoms with Crippen LogP contribution in [0.1, 0.15) is 11.6 Å². The molecule has 2 aromatic rings. The zero-order valence-corrected chi connectivity index (χ0v) is 12.7. The molecule has 1 aromatic heterocycles. The molecule has 1 unspecified atom stereocenters. The fourth-order valence-electron chi connectivity index (χ4n) is 1.69. The Hall–Kier alpha value is -1.86. The molecule has 0 bridgehead atoms. The molecule has 6 nitrogen and oxygen atoms in total. The second-order valence-electron chi connectivity index (χ2n) is 4.26. The number of hydrogen-bond acceptors (Lipinski definition) is 4. The minimum atomic E-state index is -0.776. The lowest BCUT2D eigenvalue weighted by molar-refractivity contribution is -0.117. The molecule has 7 heteroatoms. The van der Waals surface area contributed by atoms with Gasteiger partial charge in [0.1, 0.15) is 11.8 Å².